The Morgan fingerprint density at radius 3 is 0.786 bits per heavy atom. The van der Waals surface area contributed by atoms with Crippen LogP contribution in [-0.4, -0.2) is 30.9 Å². The Hall–Kier alpha value is 0.988. The Morgan fingerprint density at radius 2 is 0.786 bits per heavy atom. The molecule has 0 bridgehead atoms. The van der Waals surface area contributed by atoms with Gasteiger partial charge in [-0.05, 0) is 39.3 Å². The van der Waals surface area contributed by atoms with Gasteiger partial charge in [-0.2, -0.15) is 0 Å². The molecule has 0 saturated carbocycles. The van der Waals surface area contributed by atoms with Gasteiger partial charge in [0.05, 0.1) is 11.9 Å². The molecular weight excluding hydrogens is 279 g/mol. The van der Waals surface area contributed by atoms with E-state index in [1.165, 1.54) is 0 Å². The van der Waals surface area contributed by atoms with Crippen LogP contribution in [0, 0.1) is 0 Å². The van der Waals surface area contributed by atoms with Crippen LogP contribution in [0.5, 0.6) is 0 Å². The number of hydrogen-bond donors (Lipinski definition) is 3. The van der Waals surface area contributed by atoms with Crippen molar-refractivity contribution in [1.29, 1.82) is 0 Å². The summed E-state index contributed by atoms with van der Waals surface area (Å²) >= 11 is 4.70. The minimum absolute atomic E-state index is 1.06. The maximum atomic E-state index is 8.66. The molecule has 0 amide bonds. The Kier molecular flexibility index (Phi) is 24.3. The third-order valence-electron chi connectivity index (χ3n) is 0. The van der Waals surface area contributed by atoms with Crippen molar-refractivity contribution >= 4 is 28.5 Å². The molecule has 0 aliphatic heterocycles. The molecule has 0 fully saturated rings. The molecule has 0 rings (SSSR count). The van der Waals surface area contributed by atoms with Crippen molar-refractivity contribution < 1.29 is 35.3 Å². The van der Waals surface area contributed by atoms with E-state index in [0.29, 0.717) is 0 Å². The summed E-state index contributed by atoms with van der Waals surface area (Å²) < 4.78 is 14.7. The molecule has 0 atom stereocenters. The average molecular weight is 300 g/mol. The van der Waals surface area contributed by atoms with Gasteiger partial charge in [0.1, 0.15) is 0 Å². The number of hydrogen-bond acceptors (Lipinski definition) is 4. The van der Waals surface area contributed by atoms with E-state index in [-0.39, 0.29) is 0 Å². The minimum atomic E-state index is -1.61. The van der Waals surface area contributed by atoms with Gasteiger partial charge in [0, 0.05) is 0 Å². The first-order valence-electron chi connectivity index (χ1n) is 3.80. The van der Waals surface area contributed by atoms with Gasteiger partial charge in [-0.1, -0.05) is 0 Å². The van der Waals surface area contributed by atoms with Crippen molar-refractivity contribution in [2.45, 2.75) is 39.3 Å². The quantitative estimate of drug-likeness (QED) is 0.594. The van der Waals surface area contributed by atoms with E-state index < -0.39 is 16.6 Å². The first-order chi connectivity index (χ1) is 6.00. The van der Waals surface area contributed by atoms with Crippen LogP contribution in [0.15, 0.2) is 0 Å². The zero-order valence-electron chi connectivity index (χ0n) is 9.58. The molecule has 89 valence electrons. The monoisotopic (exact) mass is 299 g/mol. The Bertz CT molecular complexity index is 81.0. The van der Waals surface area contributed by atoms with Crippen molar-refractivity contribution in [1.82, 2.24) is 0 Å². The molecule has 0 spiro atoms. The van der Waals surface area contributed by atoms with Gasteiger partial charge in [0.2, 0.25) is 0 Å². The molecule has 0 unspecified atom stereocenters. The van der Waals surface area contributed by atoms with Crippen LogP contribution in [0.1, 0.15) is 0 Å². The van der Waals surface area contributed by atoms with Crippen LogP contribution >= 0.6 is 11.9 Å². The summed E-state index contributed by atoms with van der Waals surface area (Å²) in [4.78, 5) is 17.3. The fourth-order valence-corrected chi connectivity index (χ4v) is 0. The van der Waals surface area contributed by atoms with Gasteiger partial charge in [-0.3, -0.25) is 4.66 Å². The van der Waals surface area contributed by atoms with Gasteiger partial charge < -0.3 is 9.59 Å². The second kappa shape index (κ2) is 14.0. The van der Waals surface area contributed by atoms with Crippen LogP contribution in [0.25, 0.3) is 0 Å². The SMILES string of the molecule is C[Si](C)(C)O.C[Si](C)(C)O.OCl.[O]=[V]. The predicted molar refractivity (Wildman–Crippen MR) is 59.9 cm³/mol. The molecule has 3 N–H and O–H groups in total. The third kappa shape index (κ3) is 1910. The van der Waals surface area contributed by atoms with E-state index in [0.717, 1.165) is 17.4 Å². The Balaban J connectivity index is -0.0000000528. The molecule has 0 aromatic carbocycles. The second-order valence-corrected chi connectivity index (χ2v) is 13.0. The summed E-state index contributed by atoms with van der Waals surface area (Å²) in [5.74, 6) is 0. The zero-order chi connectivity index (χ0) is 13.0. The first-order valence-corrected chi connectivity index (χ1v) is 11.6. The zero-order valence-corrected chi connectivity index (χ0v) is 13.7. The summed E-state index contributed by atoms with van der Waals surface area (Å²) in [6.45, 7) is 11.3. The summed E-state index contributed by atoms with van der Waals surface area (Å²) in [5, 5.41) is 0. The van der Waals surface area contributed by atoms with Crippen LogP contribution in [0.4, 0.5) is 0 Å². The molecule has 0 saturated heterocycles. The third-order valence-corrected chi connectivity index (χ3v) is 0. The predicted octanol–water partition coefficient (Wildman–Crippen LogP) is 1.64. The van der Waals surface area contributed by atoms with E-state index in [4.69, 9.17) is 17.9 Å². The van der Waals surface area contributed by atoms with E-state index in [2.05, 4.69) is 11.9 Å². The number of rotatable bonds is 0. The molecule has 0 aromatic heterocycles. The molecule has 4 nitrogen and oxygen atoms in total. The molecule has 8 heteroatoms. The molecule has 0 aliphatic rings. The molecule has 0 radical (unpaired) electrons. The van der Waals surface area contributed by atoms with E-state index in [1.54, 1.807) is 0 Å². The van der Waals surface area contributed by atoms with Gasteiger partial charge in [-0.15, -0.1) is 0 Å². The molecule has 0 aromatic rings. The van der Waals surface area contributed by atoms with Gasteiger partial charge in [0.15, 0.2) is 16.6 Å². The maximum absolute atomic E-state index is 8.66. The van der Waals surface area contributed by atoms with Crippen molar-refractivity contribution in [2.75, 3.05) is 0 Å². The van der Waals surface area contributed by atoms with Crippen LogP contribution < -0.4 is 0 Å². The van der Waals surface area contributed by atoms with Crippen molar-refractivity contribution in [3.05, 3.63) is 0 Å². The van der Waals surface area contributed by atoms with Crippen molar-refractivity contribution in [2.24, 2.45) is 0 Å². The molecule has 0 aliphatic carbocycles. The van der Waals surface area contributed by atoms with Gasteiger partial charge >= 0.3 is 21.0 Å². The summed E-state index contributed by atoms with van der Waals surface area (Å²) in [6, 6.07) is 0. The topological polar surface area (TPSA) is 77.8 Å². The summed E-state index contributed by atoms with van der Waals surface area (Å²) in [5.41, 5.74) is 0. The molecule has 0 heterocycles. The Labute approximate surface area is 103 Å². The normalized spacial score (nSPS) is 9.21. The van der Waals surface area contributed by atoms with E-state index in [1.807, 2.05) is 39.3 Å². The summed E-state index contributed by atoms with van der Waals surface area (Å²) in [6.07, 6.45) is 0. The fraction of sp³-hybridized carbons (Fsp3) is 1.00. The molecular formula is C6H21ClO4Si2V. The standard InChI is InChI=1S/2C3H10OSi.ClHO.O.V/c2*1-5(2,3)4;1-2;;/h2*4H,1-3H3;2H;;. The second-order valence-electron chi connectivity index (χ2n) is 4.34. The van der Waals surface area contributed by atoms with Gasteiger partial charge in [-0.25, -0.2) is 0 Å². The summed E-state index contributed by atoms with van der Waals surface area (Å²) in [7, 11) is -3.22. The molecule has 14 heavy (non-hydrogen) atoms. The van der Waals surface area contributed by atoms with Crippen molar-refractivity contribution in [3.63, 3.8) is 0 Å². The van der Waals surface area contributed by atoms with E-state index in [9.17, 15) is 0 Å². The van der Waals surface area contributed by atoms with Crippen LogP contribution in [0.2, 0.25) is 39.3 Å². The van der Waals surface area contributed by atoms with Crippen molar-refractivity contribution in [3.8, 4) is 0 Å². The van der Waals surface area contributed by atoms with E-state index >= 15 is 0 Å². The Morgan fingerprint density at radius 1 is 0.786 bits per heavy atom. The van der Waals surface area contributed by atoms with Crippen LogP contribution in [0.3, 0.4) is 0 Å². The average Bonchev–Trinajstić information content (AvgIpc) is 1.88. The first kappa shape index (κ1) is 24.3. The number of halogens is 1. The van der Waals surface area contributed by atoms with Gasteiger partial charge in [0.25, 0.3) is 0 Å². The van der Waals surface area contributed by atoms with Crippen LogP contribution in [-0.2, 0) is 21.0 Å². The fourth-order valence-electron chi connectivity index (χ4n) is 0.